The van der Waals surface area contributed by atoms with Gasteiger partial charge in [0.2, 0.25) is 5.95 Å². The molecule has 39 heavy (non-hydrogen) atoms. The average Bonchev–Trinajstić information content (AvgIpc) is 2.88. The number of hydrogen-bond donors (Lipinski definition) is 1. The Morgan fingerprint density at radius 2 is 1.90 bits per heavy atom. The summed E-state index contributed by atoms with van der Waals surface area (Å²) >= 11 is 6.77. The maximum Gasteiger partial charge on any atom is 0.338 e. The van der Waals surface area contributed by atoms with Crippen molar-refractivity contribution in [2.75, 3.05) is 29.4 Å². The summed E-state index contributed by atoms with van der Waals surface area (Å²) in [5.41, 5.74) is 1.75. The third-order valence-electron chi connectivity index (χ3n) is 6.93. The van der Waals surface area contributed by atoms with E-state index in [-0.39, 0.29) is 24.2 Å². The van der Waals surface area contributed by atoms with Gasteiger partial charge in [-0.3, -0.25) is 9.36 Å². The predicted octanol–water partition coefficient (Wildman–Crippen LogP) is 4.70. The minimum absolute atomic E-state index is 0.170. The van der Waals surface area contributed by atoms with Crippen LogP contribution < -0.4 is 15.4 Å². The normalized spacial score (nSPS) is 15.2. The zero-order valence-electron chi connectivity index (χ0n) is 23.1. The van der Waals surface area contributed by atoms with Gasteiger partial charge in [-0.05, 0) is 82.5 Å². The second kappa shape index (κ2) is 11.3. The Kier molecular flexibility index (Phi) is 8.24. The van der Waals surface area contributed by atoms with Gasteiger partial charge >= 0.3 is 5.97 Å². The average molecular weight is 551 g/mol. The smallest absolute Gasteiger partial charge is 0.338 e. The highest BCUT2D eigenvalue weighted by atomic mass is 35.5. The summed E-state index contributed by atoms with van der Waals surface area (Å²) < 4.78 is 7.02. The van der Waals surface area contributed by atoms with Crippen molar-refractivity contribution in [2.45, 2.75) is 58.3 Å². The molecule has 0 bridgehead atoms. The van der Waals surface area contributed by atoms with Gasteiger partial charge in [-0.25, -0.2) is 9.78 Å². The molecule has 2 heterocycles. The number of hydrogen-bond acceptors (Lipinski definition) is 7. The number of aliphatic hydroxyl groups excluding tert-OH is 1. The Labute approximate surface area is 234 Å². The molecule has 4 rings (SSSR count). The van der Waals surface area contributed by atoms with Crippen LogP contribution in [-0.4, -0.2) is 52.0 Å². The fraction of sp³-hybridized carbons (Fsp3) is 0.433. The monoisotopic (exact) mass is 550 g/mol. The maximum absolute atomic E-state index is 13.4. The predicted molar refractivity (Wildman–Crippen MR) is 156 cm³/mol. The van der Waals surface area contributed by atoms with Crippen molar-refractivity contribution in [1.29, 1.82) is 0 Å². The van der Waals surface area contributed by atoms with E-state index in [1.165, 1.54) is 0 Å². The van der Waals surface area contributed by atoms with Crippen LogP contribution in [0.5, 0.6) is 0 Å². The fourth-order valence-electron chi connectivity index (χ4n) is 4.81. The number of terminal acetylenes is 1. The number of ether oxygens (including phenoxy) is 1. The van der Waals surface area contributed by atoms with Crippen molar-refractivity contribution in [3.8, 4) is 12.3 Å². The van der Waals surface area contributed by atoms with E-state index in [0.29, 0.717) is 53.4 Å². The van der Waals surface area contributed by atoms with Crippen molar-refractivity contribution in [2.24, 2.45) is 7.05 Å². The lowest BCUT2D eigenvalue weighted by atomic mass is 10.0. The van der Waals surface area contributed by atoms with Crippen LogP contribution >= 0.6 is 11.6 Å². The van der Waals surface area contributed by atoms with Gasteiger partial charge in [0, 0.05) is 30.8 Å². The van der Waals surface area contributed by atoms with Crippen LogP contribution in [0.3, 0.4) is 0 Å². The molecule has 0 spiro atoms. The van der Waals surface area contributed by atoms with E-state index in [1.54, 1.807) is 35.9 Å². The lowest BCUT2D eigenvalue weighted by molar-refractivity contribution is 0.00695. The molecule has 2 aromatic carbocycles. The van der Waals surface area contributed by atoms with Crippen LogP contribution in [-0.2, 0) is 11.8 Å². The number of esters is 1. The van der Waals surface area contributed by atoms with Crippen LogP contribution in [0, 0.1) is 12.3 Å². The second-order valence-corrected chi connectivity index (χ2v) is 11.3. The van der Waals surface area contributed by atoms with Crippen LogP contribution in [0.1, 0.15) is 62.5 Å². The molecule has 1 atom stereocenters. The molecule has 0 aliphatic carbocycles. The molecule has 1 aliphatic rings. The highest BCUT2D eigenvalue weighted by Crippen LogP contribution is 2.34. The number of aliphatic hydroxyl groups is 1. The van der Waals surface area contributed by atoms with Crippen molar-refractivity contribution in [1.82, 2.24) is 9.55 Å². The zero-order valence-corrected chi connectivity index (χ0v) is 23.8. The number of carbonyl (C=O) groups excluding carboxylic acids is 1. The topological polar surface area (TPSA) is 87.9 Å². The number of piperidine rings is 1. The van der Waals surface area contributed by atoms with Gasteiger partial charge in [0.1, 0.15) is 5.60 Å². The highest BCUT2D eigenvalue weighted by Gasteiger charge is 2.24. The van der Waals surface area contributed by atoms with Gasteiger partial charge in [-0.15, -0.1) is 6.42 Å². The van der Waals surface area contributed by atoms with Crippen LogP contribution in [0.25, 0.3) is 10.9 Å². The molecule has 1 fully saturated rings. The third kappa shape index (κ3) is 6.21. The van der Waals surface area contributed by atoms with Crippen LogP contribution in [0.2, 0.25) is 5.02 Å². The van der Waals surface area contributed by atoms with Gasteiger partial charge in [0.05, 0.1) is 35.2 Å². The minimum atomic E-state index is -0.588. The van der Waals surface area contributed by atoms with Gasteiger partial charge < -0.3 is 19.6 Å². The number of fused-ring (bicyclic) bond motifs is 1. The van der Waals surface area contributed by atoms with Gasteiger partial charge in [0.25, 0.3) is 5.56 Å². The van der Waals surface area contributed by atoms with Crippen molar-refractivity contribution < 1.29 is 14.6 Å². The number of halogens is 1. The minimum Gasteiger partial charge on any atom is -0.456 e. The zero-order chi connectivity index (χ0) is 28.5. The molecule has 1 saturated heterocycles. The Hall–Kier alpha value is -3.54. The number of benzene rings is 2. The van der Waals surface area contributed by atoms with Gasteiger partial charge in [0.15, 0.2) is 0 Å². The fourth-order valence-corrected chi connectivity index (χ4v) is 5.13. The van der Waals surface area contributed by atoms with E-state index in [0.717, 1.165) is 11.3 Å². The van der Waals surface area contributed by atoms with E-state index in [9.17, 15) is 14.7 Å². The summed E-state index contributed by atoms with van der Waals surface area (Å²) in [6.07, 6.45) is 6.66. The first-order chi connectivity index (χ1) is 18.4. The van der Waals surface area contributed by atoms with Crippen molar-refractivity contribution in [3.63, 3.8) is 0 Å². The van der Waals surface area contributed by atoms with Crippen LogP contribution in [0.4, 0.5) is 11.6 Å². The number of anilines is 2. The van der Waals surface area contributed by atoms with Gasteiger partial charge in [-0.2, -0.15) is 0 Å². The summed E-state index contributed by atoms with van der Waals surface area (Å²) in [6.45, 7) is 8.99. The number of rotatable bonds is 6. The number of aromatic nitrogens is 2. The van der Waals surface area contributed by atoms with E-state index >= 15 is 0 Å². The van der Waals surface area contributed by atoms with E-state index in [1.807, 2.05) is 49.6 Å². The molecule has 0 saturated carbocycles. The second-order valence-electron chi connectivity index (χ2n) is 10.9. The summed E-state index contributed by atoms with van der Waals surface area (Å²) in [7, 11) is 1.71. The van der Waals surface area contributed by atoms with Gasteiger partial charge in [-0.1, -0.05) is 17.5 Å². The first kappa shape index (κ1) is 28.5. The Bertz CT molecular complexity index is 1460. The number of nitrogens with zero attached hydrogens (tertiary/aromatic N) is 4. The summed E-state index contributed by atoms with van der Waals surface area (Å²) in [5, 5.41) is 10.8. The Morgan fingerprint density at radius 1 is 1.26 bits per heavy atom. The maximum atomic E-state index is 13.4. The summed E-state index contributed by atoms with van der Waals surface area (Å²) in [6, 6.07) is 10.3. The lowest BCUT2D eigenvalue weighted by Crippen LogP contribution is -2.39. The SMILES string of the molecule is C#CCN(c1ccc(C(=O)OC(C)(C)C)cc1)C(C)c1cc2c(=O)n(C)c(N3CCC(O)CC3)nc2cc1Cl. The van der Waals surface area contributed by atoms with E-state index in [2.05, 4.69) is 5.92 Å². The van der Waals surface area contributed by atoms with E-state index in [4.69, 9.17) is 27.7 Å². The molecule has 9 heteroatoms. The first-order valence-corrected chi connectivity index (χ1v) is 13.4. The molecule has 8 nitrogen and oxygen atoms in total. The third-order valence-corrected chi connectivity index (χ3v) is 7.26. The largest absolute Gasteiger partial charge is 0.456 e. The number of carbonyl (C=O) groups is 1. The Balaban J connectivity index is 1.67. The van der Waals surface area contributed by atoms with Crippen LogP contribution in [0.15, 0.2) is 41.2 Å². The molecule has 0 amide bonds. The molecule has 1 aliphatic heterocycles. The van der Waals surface area contributed by atoms with E-state index < -0.39 is 11.6 Å². The quantitative estimate of drug-likeness (QED) is 0.351. The molecule has 1 unspecified atom stereocenters. The highest BCUT2D eigenvalue weighted by molar-refractivity contribution is 6.32. The van der Waals surface area contributed by atoms with Crippen molar-refractivity contribution in [3.05, 3.63) is 62.9 Å². The Morgan fingerprint density at radius 3 is 2.49 bits per heavy atom. The molecule has 1 N–H and O–H groups in total. The lowest BCUT2D eigenvalue weighted by Gasteiger charge is -2.32. The molecule has 206 valence electrons. The molecule has 0 radical (unpaired) electrons. The first-order valence-electron chi connectivity index (χ1n) is 13.1. The summed E-state index contributed by atoms with van der Waals surface area (Å²) in [4.78, 5) is 34.6. The summed E-state index contributed by atoms with van der Waals surface area (Å²) in [5.74, 6) is 2.87. The van der Waals surface area contributed by atoms with Crippen molar-refractivity contribution >= 4 is 40.1 Å². The standard InChI is InChI=1S/C30H35ClN4O4/c1-7-14-35(21-10-8-20(9-11-21)28(38)39-30(3,4)5)19(2)23-17-24-26(18-25(23)31)32-29(33(6)27(24)37)34-15-12-22(36)13-16-34/h1,8-11,17-19,22,36H,12-16H2,2-6H3. The molecular formula is C30H35ClN4O4. The molecule has 1 aromatic heterocycles. The molecular weight excluding hydrogens is 516 g/mol. The molecule has 3 aromatic rings.